The molecule has 0 unspecified atom stereocenters. The smallest absolute Gasteiger partial charge is 0.0706 e. The summed E-state index contributed by atoms with van der Waals surface area (Å²) in [6.07, 6.45) is 2.77. The van der Waals surface area contributed by atoms with Gasteiger partial charge in [0.15, 0.2) is 0 Å². The standard InChI is InChI=1S/C17H16N2S/c1-2-17-16-9-8-15(10-14(16)11-18-19-17)20-12-13-6-4-3-5-7-13/h3-11H,2,12H2,1H3. The molecule has 100 valence electrons. The van der Waals surface area contributed by atoms with Crippen LogP contribution < -0.4 is 0 Å². The SMILES string of the molecule is CCc1nncc2cc(SCc3ccccc3)ccc12. The van der Waals surface area contributed by atoms with Gasteiger partial charge in [0, 0.05) is 21.4 Å². The van der Waals surface area contributed by atoms with Crippen molar-refractivity contribution in [1.82, 2.24) is 10.2 Å². The van der Waals surface area contributed by atoms with Gasteiger partial charge in [-0.05, 0) is 24.1 Å². The molecular formula is C17H16N2S. The average molecular weight is 280 g/mol. The zero-order valence-electron chi connectivity index (χ0n) is 11.4. The maximum absolute atomic E-state index is 4.19. The van der Waals surface area contributed by atoms with E-state index in [1.807, 2.05) is 18.0 Å². The fraction of sp³-hybridized carbons (Fsp3) is 0.176. The van der Waals surface area contributed by atoms with Gasteiger partial charge >= 0.3 is 0 Å². The van der Waals surface area contributed by atoms with Gasteiger partial charge in [0.25, 0.3) is 0 Å². The number of hydrogen-bond acceptors (Lipinski definition) is 3. The fourth-order valence-electron chi connectivity index (χ4n) is 2.22. The van der Waals surface area contributed by atoms with Crippen LogP contribution in [0.1, 0.15) is 18.2 Å². The molecular weight excluding hydrogens is 264 g/mol. The molecule has 0 aliphatic rings. The molecule has 3 aromatic rings. The number of aromatic nitrogens is 2. The molecule has 0 atom stereocenters. The maximum atomic E-state index is 4.19. The first-order valence-corrected chi connectivity index (χ1v) is 7.76. The Labute approximate surface area is 123 Å². The molecule has 2 nitrogen and oxygen atoms in total. The second-order valence-electron chi connectivity index (χ2n) is 4.67. The Hall–Kier alpha value is -1.87. The Kier molecular flexibility index (Phi) is 3.97. The zero-order valence-corrected chi connectivity index (χ0v) is 12.2. The van der Waals surface area contributed by atoms with Gasteiger partial charge in [-0.3, -0.25) is 0 Å². The molecule has 0 saturated heterocycles. The first kappa shape index (κ1) is 13.1. The number of rotatable bonds is 4. The Morgan fingerprint density at radius 1 is 1.05 bits per heavy atom. The minimum Gasteiger partial charge on any atom is -0.158 e. The minimum atomic E-state index is 0.918. The molecule has 0 aliphatic heterocycles. The van der Waals surface area contributed by atoms with Crippen LogP contribution in [0.2, 0.25) is 0 Å². The second kappa shape index (κ2) is 6.06. The van der Waals surface area contributed by atoms with Crippen LogP contribution in [0.5, 0.6) is 0 Å². The largest absolute Gasteiger partial charge is 0.158 e. The highest BCUT2D eigenvalue weighted by molar-refractivity contribution is 7.98. The molecule has 0 fully saturated rings. The summed E-state index contributed by atoms with van der Waals surface area (Å²) in [4.78, 5) is 1.27. The van der Waals surface area contributed by atoms with E-state index >= 15 is 0 Å². The predicted octanol–water partition coefficient (Wildman–Crippen LogP) is 4.48. The minimum absolute atomic E-state index is 0.918. The molecule has 20 heavy (non-hydrogen) atoms. The van der Waals surface area contributed by atoms with Gasteiger partial charge < -0.3 is 0 Å². The van der Waals surface area contributed by atoms with Crippen LogP contribution in [0.15, 0.2) is 59.6 Å². The van der Waals surface area contributed by atoms with Crippen LogP contribution in [0.3, 0.4) is 0 Å². The molecule has 3 rings (SSSR count). The normalized spacial score (nSPS) is 10.8. The summed E-state index contributed by atoms with van der Waals surface area (Å²) in [7, 11) is 0. The Morgan fingerprint density at radius 2 is 1.90 bits per heavy atom. The van der Waals surface area contributed by atoms with Crippen LogP contribution >= 0.6 is 11.8 Å². The van der Waals surface area contributed by atoms with Gasteiger partial charge in [0.05, 0.1) is 11.9 Å². The third kappa shape index (κ3) is 2.83. The quantitative estimate of drug-likeness (QED) is 0.659. The van der Waals surface area contributed by atoms with E-state index in [9.17, 15) is 0 Å². The summed E-state index contributed by atoms with van der Waals surface area (Å²) in [6, 6.07) is 17.1. The first-order chi connectivity index (χ1) is 9.86. The third-order valence-electron chi connectivity index (χ3n) is 3.29. The van der Waals surface area contributed by atoms with E-state index in [2.05, 4.69) is 65.7 Å². The van der Waals surface area contributed by atoms with Crippen LogP contribution in [0, 0.1) is 0 Å². The van der Waals surface area contributed by atoms with Crippen molar-refractivity contribution in [2.45, 2.75) is 24.0 Å². The van der Waals surface area contributed by atoms with Crippen molar-refractivity contribution in [3.05, 3.63) is 66.0 Å². The lowest BCUT2D eigenvalue weighted by Gasteiger charge is -2.06. The van der Waals surface area contributed by atoms with E-state index in [1.165, 1.54) is 21.2 Å². The van der Waals surface area contributed by atoms with Gasteiger partial charge in [-0.1, -0.05) is 43.3 Å². The number of fused-ring (bicyclic) bond motifs is 1. The summed E-state index contributed by atoms with van der Waals surface area (Å²) in [5, 5.41) is 10.7. The molecule has 0 saturated carbocycles. The van der Waals surface area contributed by atoms with Crippen molar-refractivity contribution in [2.24, 2.45) is 0 Å². The topological polar surface area (TPSA) is 25.8 Å². The summed E-state index contributed by atoms with van der Waals surface area (Å²) in [6.45, 7) is 2.11. The first-order valence-electron chi connectivity index (χ1n) is 6.78. The van der Waals surface area contributed by atoms with Gasteiger partial charge in [0.2, 0.25) is 0 Å². The van der Waals surface area contributed by atoms with Crippen molar-refractivity contribution in [3.8, 4) is 0 Å². The summed E-state index contributed by atoms with van der Waals surface area (Å²) in [5.74, 6) is 0.992. The van der Waals surface area contributed by atoms with Crippen LogP contribution in [-0.4, -0.2) is 10.2 Å². The van der Waals surface area contributed by atoms with Crippen molar-refractivity contribution in [1.29, 1.82) is 0 Å². The highest BCUT2D eigenvalue weighted by atomic mass is 32.2. The van der Waals surface area contributed by atoms with E-state index in [0.29, 0.717) is 0 Å². The molecule has 0 radical (unpaired) electrons. The number of benzene rings is 2. The monoisotopic (exact) mass is 280 g/mol. The van der Waals surface area contributed by atoms with Crippen molar-refractivity contribution in [2.75, 3.05) is 0 Å². The van der Waals surface area contributed by atoms with Gasteiger partial charge in [-0.2, -0.15) is 10.2 Å². The van der Waals surface area contributed by atoms with E-state index < -0.39 is 0 Å². The molecule has 1 aromatic heterocycles. The van der Waals surface area contributed by atoms with Crippen molar-refractivity contribution in [3.63, 3.8) is 0 Å². The van der Waals surface area contributed by atoms with Gasteiger partial charge in [0.1, 0.15) is 0 Å². The average Bonchev–Trinajstić information content (AvgIpc) is 2.53. The second-order valence-corrected chi connectivity index (χ2v) is 5.72. The molecule has 0 amide bonds. The molecule has 3 heteroatoms. The van der Waals surface area contributed by atoms with Gasteiger partial charge in [-0.25, -0.2) is 0 Å². The number of thioether (sulfide) groups is 1. The lowest BCUT2D eigenvalue weighted by Crippen LogP contribution is -1.92. The summed E-state index contributed by atoms with van der Waals surface area (Å²) in [5.41, 5.74) is 2.42. The number of nitrogens with zero attached hydrogens (tertiary/aromatic N) is 2. The van der Waals surface area contributed by atoms with Crippen molar-refractivity contribution >= 4 is 22.5 Å². The van der Waals surface area contributed by atoms with E-state index in [0.717, 1.165) is 17.9 Å². The molecule has 2 aromatic carbocycles. The van der Waals surface area contributed by atoms with Crippen LogP contribution in [-0.2, 0) is 12.2 Å². The van der Waals surface area contributed by atoms with E-state index in [4.69, 9.17) is 0 Å². The summed E-state index contributed by atoms with van der Waals surface area (Å²) >= 11 is 1.85. The molecule has 1 heterocycles. The number of aryl methyl sites for hydroxylation is 1. The Morgan fingerprint density at radius 3 is 2.70 bits per heavy atom. The predicted molar refractivity (Wildman–Crippen MR) is 84.9 cm³/mol. The lowest BCUT2D eigenvalue weighted by atomic mass is 10.1. The summed E-state index contributed by atoms with van der Waals surface area (Å²) < 4.78 is 0. The molecule has 0 N–H and O–H groups in total. The maximum Gasteiger partial charge on any atom is 0.0706 e. The van der Waals surface area contributed by atoms with E-state index in [-0.39, 0.29) is 0 Å². The van der Waals surface area contributed by atoms with Crippen molar-refractivity contribution < 1.29 is 0 Å². The highest BCUT2D eigenvalue weighted by Gasteiger charge is 2.03. The van der Waals surface area contributed by atoms with Gasteiger partial charge in [-0.15, -0.1) is 11.8 Å². The Bertz CT molecular complexity index is 711. The third-order valence-corrected chi connectivity index (χ3v) is 4.36. The molecule has 0 spiro atoms. The molecule has 0 bridgehead atoms. The van der Waals surface area contributed by atoms with Crippen LogP contribution in [0.4, 0.5) is 0 Å². The Balaban J connectivity index is 1.83. The number of hydrogen-bond donors (Lipinski definition) is 0. The van der Waals surface area contributed by atoms with Crippen LogP contribution in [0.25, 0.3) is 10.8 Å². The highest BCUT2D eigenvalue weighted by Crippen LogP contribution is 2.27. The lowest BCUT2D eigenvalue weighted by molar-refractivity contribution is 0.939. The zero-order chi connectivity index (χ0) is 13.8. The van der Waals surface area contributed by atoms with E-state index in [1.54, 1.807) is 0 Å². The molecule has 0 aliphatic carbocycles. The fourth-order valence-corrected chi connectivity index (χ4v) is 3.12.